The first-order chi connectivity index (χ1) is 16.8. The van der Waals surface area contributed by atoms with Gasteiger partial charge in [-0.05, 0) is 54.1 Å². The molecule has 1 heterocycles. The van der Waals surface area contributed by atoms with Crippen molar-refractivity contribution in [2.75, 3.05) is 0 Å². The molecular formula is C27H18ClFN2O3S. The van der Waals surface area contributed by atoms with E-state index in [1.807, 2.05) is 0 Å². The molecular weight excluding hydrogens is 487 g/mol. The van der Waals surface area contributed by atoms with Crippen molar-refractivity contribution in [2.45, 2.75) is 16.3 Å². The molecule has 0 saturated carbocycles. The number of carbonyl (C=O) groups is 1. The third-order valence-electron chi connectivity index (χ3n) is 5.66. The summed E-state index contributed by atoms with van der Waals surface area (Å²) in [7, 11) is -3.90. The number of fused-ring (bicyclic) bond motifs is 2. The van der Waals surface area contributed by atoms with Gasteiger partial charge in [0.1, 0.15) is 5.82 Å². The Kier molecular flexibility index (Phi) is 5.96. The number of aliphatic imine (C=N–C) groups is 1. The molecule has 0 saturated heterocycles. The van der Waals surface area contributed by atoms with E-state index < -0.39 is 15.7 Å². The molecule has 1 N–H and O–H groups in total. The lowest BCUT2D eigenvalue weighted by atomic mass is 10.0. The van der Waals surface area contributed by atoms with Crippen LogP contribution >= 0.6 is 11.6 Å². The molecule has 174 valence electrons. The van der Waals surface area contributed by atoms with Gasteiger partial charge in [0.05, 0.1) is 21.2 Å². The Balaban J connectivity index is 1.58. The number of halogens is 2. The van der Waals surface area contributed by atoms with Crippen LogP contribution in [0.5, 0.6) is 0 Å². The van der Waals surface area contributed by atoms with Gasteiger partial charge in [-0.1, -0.05) is 54.1 Å². The second kappa shape index (κ2) is 9.09. The standard InChI is InChI=1S/C27H18ClFN2O3S/c28-20-10-7-18(8-11-20)26-22-3-1-2-4-24(22)35(33,34)25-14-9-19(15-23(25)31-26)27(32)30-16-17-5-12-21(29)13-6-17/h1-15H,16H2,(H,30,32). The minimum absolute atomic E-state index is 0.0176. The van der Waals surface area contributed by atoms with Crippen LogP contribution in [-0.4, -0.2) is 20.0 Å². The molecule has 0 aliphatic carbocycles. The van der Waals surface area contributed by atoms with Gasteiger partial charge in [0, 0.05) is 28.3 Å². The topological polar surface area (TPSA) is 75.6 Å². The van der Waals surface area contributed by atoms with E-state index in [0.717, 1.165) is 5.56 Å². The Labute approximate surface area is 206 Å². The summed E-state index contributed by atoms with van der Waals surface area (Å²) in [4.78, 5) is 17.7. The molecule has 0 spiro atoms. The van der Waals surface area contributed by atoms with Crippen LogP contribution in [0.3, 0.4) is 0 Å². The number of rotatable bonds is 4. The van der Waals surface area contributed by atoms with E-state index in [-0.39, 0.29) is 33.4 Å². The molecule has 35 heavy (non-hydrogen) atoms. The molecule has 0 unspecified atom stereocenters. The van der Waals surface area contributed by atoms with Gasteiger partial charge in [-0.15, -0.1) is 0 Å². The van der Waals surface area contributed by atoms with Gasteiger partial charge in [0.2, 0.25) is 9.84 Å². The SMILES string of the molecule is O=C(NCc1ccc(F)cc1)c1ccc2c(c1)N=C(c1ccc(Cl)cc1)c1ccccc1S2(=O)=O. The number of carbonyl (C=O) groups excluding carboxylic acids is 1. The van der Waals surface area contributed by atoms with Gasteiger partial charge in [-0.25, -0.2) is 17.8 Å². The van der Waals surface area contributed by atoms with Crippen molar-refractivity contribution in [3.63, 3.8) is 0 Å². The fourth-order valence-electron chi connectivity index (χ4n) is 3.88. The molecule has 1 aliphatic rings. The average Bonchev–Trinajstić information content (AvgIpc) is 2.96. The summed E-state index contributed by atoms with van der Waals surface area (Å²) in [5.74, 6) is -0.762. The molecule has 5 rings (SSSR count). The molecule has 0 aromatic heterocycles. The van der Waals surface area contributed by atoms with Crippen LogP contribution in [0.15, 0.2) is 106 Å². The summed E-state index contributed by atoms with van der Waals surface area (Å²) >= 11 is 6.05. The second-order valence-corrected chi connectivity index (χ2v) is 10.3. The van der Waals surface area contributed by atoms with Crippen LogP contribution < -0.4 is 5.32 Å². The highest BCUT2D eigenvalue weighted by molar-refractivity contribution is 7.91. The molecule has 4 aromatic rings. The number of nitrogens with one attached hydrogen (secondary N) is 1. The zero-order chi connectivity index (χ0) is 24.6. The summed E-state index contributed by atoms with van der Waals surface area (Å²) in [5.41, 5.74) is 2.77. The molecule has 0 atom stereocenters. The van der Waals surface area contributed by atoms with Gasteiger partial charge in [0.25, 0.3) is 5.91 Å². The lowest BCUT2D eigenvalue weighted by molar-refractivity contribution is 0.0951. The van der Waals surface area contributed by atoms with E-state index in [2.05, 4.69) is 5.32 Å². The third kappa shape index (κ3) is 4.48. The number of amides is 1. The normalized spacial score (nSPS) is 13.7. The first-order valence-corrected chi connectivity index (χ1v) is 12.5. The van der Waals surface area contributed by atoms with Gasteiger partial charge >= 0.3 is 0 Å². The first-order valence-electron chi connectivity index (χ1n) is 10.7. The van der Waals surface area contributed by atoms with Crippen molar-refractivity contribution in [2.24, 2.45) is 4.99 Å². The molecule has 1 amide bonds. The minimum Gasteiger partial charge on any atom is -0.348 e. The summed E-state index contributed by atoms with van der Waals surface area (Å²) < 4.78 is 40.2. The van der Waals surface area contributed by atoms with Crippen molar-refractivity contribution in [1.29, 1.82) is 0 Å². The van der Waals surface area contributed by atoms with Crippen LogP contribution in [0.1, 0.15) is 27.0 Å². The van der Waals surface area contributed by atoms with Crippen LogP contribution in [0.2, 0.25) is 5.02 Å². The molecule has 1 aliphatic heterocycles. The minimum atomic E-state index is -3.90. The molecule has 0 radical (unpaired) electrons. The quantitative estimate of drug-likeness (QED) is 0.340. The number of benzene rings is 4. The molecule has 0 bridgehead atoms. The lowest BCUT2D eigenvalue weighted by Crippen LogP contribution is -2.22. The first kappa shape index (κ1) is 23.0. The highest BCUT2D eigenvalue weighted by atomic mass is 35.5. The number of hydrogen-bond acceptors (Lipinski definition) is 4. The van der Waals surface area contributed by atoms with E-state index in [9.17, 15) is 17.6 Å². The van der Waals surface area contributed by atoms with Gasteiger partial charge in [0.15, 0.2) is 0 Å². The third-order valence-corrected chi connectivity index (χ3v) is 7.77. The van der Waals surface area contributed by atoms with Crippen molar-refractivity contribution in [3.05, 3.63) is 124 Å². The lowest BCUT2D eigenvalue weighted by Gasteiger charge is -2.10. The summed E-state index contributed by atoms with van der Waals surface area (Å²) in [6.07, 6.45) is 0. The van der Waals surface area contributed by atoms with Gasteiger partial charge < -0.3 is 5.32 Å². The highest BCUT2D eigenvalue weighted by Crippen LogP contribution is 2.37. The summed E-state index contributed by atoms with van der Waals surface area (Å²) in [6.45, 7) is 0.194. The van der Waals surface area contributed by atoms with Crippen molar-refractivity contribution >= 4 is 38.7 Å². The fourth-order valence-corrected chi connectivity index (χ4v) is 5.59. The monoisotopic (exact) mass is 504 g/mol. The fraction of sp³-hybridized carbons (Fsp3) is 0.0370. The van der Waals surface area contributed by atoms with E-state index in [1.54, 1.807) is 60.7 Å². The van der Waals surface area contributed by atoms with Crippen molar-refractivity contribution in [3.8, 4) is 0 Å². The van der Waals surface area contributed by atoms with Gasteiger partial charge in [-0.2, -0.15) is 0 Å². The van der Waals surface area contributed by atoms with Crippen LogP contribution in [0.4, 0.5) is 10.1 Å². The average molecular weight is 505 g/mol. The van der Waals surface area contributed by atoms with Crippen LogP contribution in [0, 0.1) is 5.82 Å². The predicted octanol–water partition coefficient (Wildman–Crippen LogP) is 5.72. The number of sulfone groups is 1. The predicted molar refractivity (Wildman–Crippen MR) is 133 cm³/mol. The number of hydrogen-bond donors (Lipinski definition) is 1. The maximum atomic E-state index is 13.5. The Morgan fingerprint density at radius 2 is 1.60 bits per heavy atom. The van der Waals surface area contributed by atoms with Gasteiger partial charge in [-0.3, -0.25) is 4.79 Å². The Morgan fingerprint density at radius 3 is 2.34 bits per heavy atom. The zero-order valence-electron chi connectivity index (χ0n) is 18.2. The van der Waals surface area contributed by atoms with Crippen molar-refractivity contribution < 1.29 is 17.6 Å². The molecule has 4 aromatic carbocycles. The highest BCUT2D eigenvalue weighted by Gasteiger charge is 2.30. The Hall–Kier alpha value is -3.81. The van der Waals surface area contributed by atoms with E-state index in [0.29, 0.717) is 21.9 Å². The van der Waals surface area contributed by atoms with Crippen LogP contribution in [-0.2, 0) is 16.4 Å². The van der Waals surface area contributed by atoms with Crippen molar-refractivity contribution in [1.82, 2.24) is 5.32 Å². The number of nitrogens with zero attached hydrogens (tertiary/aromatic N) is 1. The maximum absolute atomic E-state index is 13.5. The summed E-state index contributed by atoms with van der Waals surface area (Å²) in [6, 6.07) is 23.8. The molecule has 5 nitrogen and oxygen atoms in total. The largest absolute Gasteiger partial charge is 0.348 e. The smallest absolute Gasteiger partial charge is 0.251 e. The van der Waals surface area contributed by atoms with E-state index >= 15 is 0 Å². The zero-order valence-corrected chi connectivity index (χ0v) is 19.8. The maximum Gasteiger partial charge on any atom is 0.251 e. The molecule has 8 heteroatoms. The Morgan fingerprint density at radius 1 is 0.886 bits per heavy atom. The Bertz CT molecular complexity index is 1580. The van der Waals surface area contributed by atoms with Crippen LogP contribution in [0.25, 0.3) is 0 Å². The van der Waals surface area contributed by atoms with E-state index in [1.165, 1.54) is 30.3 Å². The second-order valence-electron chi connectivity index (χ2n) is 7.96. The molecule has 0 fully saturated rings. The van der Waals surface area contributed by atoms with E-state index in [4.69, 9.17) is 16.6 Å². The summed E-state index contributed by atoms with van der Waals surface area (Å²) in [5, 5.41) is 3.32.